The molecule has 0 radical (unpaired) electrons. The van der Waals surface area contributed by atoms with Gasteiger partial charge in [0, 0.05) is 6.04 Å². The van der Waals surface area contributed by atoms with E-state index in [-0.39, 0.29) is 6.10 Å². The third kappa shape index (κ3) is 3.30. The minimum atomic E-state index is -0.0233. The summed E-state index contributed by atoms with van der Waals surface area (Å²) in [7, 11) is 0. The van der Waals surface area contributed by atoms with Gasteiger partial charge in [0.2, 0.25) is 0 Å². The first-order chi connectivity index (χ1) is 12.9. The summed E-state index contributed by atoms with van der Waals surface area (Å²) in [4.78, 5) is 0. The quantitative estimate of drug-likeness (QED) is 0.626. The predicted octanol–water partition coefficient (Wildman–Crippen LogP) is 4.33. The zero-order valence-corrected chi connectivity index (χ0v) is 18.1. The number of aliphatic hydroxyl groups excluding tert-OH is 1. The molecule has 0 aliphatic heterocycles. The Bertz CT molecular complexity index is 525. The topological polar surface area (TPSA) is 58.3 Å². The van der Waals surface area contributed by atoms with Gasteiger partial charge in [0.05, 0.1) is 6.10 Å². The van der Waals surface area contributed by atoms with Crippen LogP contribution in [-0.2, 0) is 0 Å². The highest BCUT2D eigenvalue weighted by molar-refractivity contribution is 5.10. The first kappa shape index (κ1) is 20.2. The molecule has 0 saturated heterocycles. The highest BCUT2D eigenvalue weighted by Gasteiger charge is 2.60. The fraction of sp³-hybridized carbons (Fsp3) is 1.00. The van der Waals surface area contributed by atoms with Crippen LogP contribution in [0.5, 0.6) is 0 Å². The van der Waals surface area contributed by atoms with E-state index in [2.05, 4.69) is 26.1 Å². The molecular weight excluding hydrogens is 332 g/mol. The summed E-state index contributed by atoms with van der Waals surface area (Å²) in [6, 6.07) is 0.625. The summed E-state index contributed by atoms with van der Waals surface area (Å²) >= 11 is 0. The molecule has 4 saturated carbocycles. The fourth-order valence-corrected chi connectivity index (χ4v) is 8.67. The number of hydrogen-bond donors (Lipinski definition) is 3. The van der Waals surface area contributed by atoms with Crippen LogP contribution in [-0.4, -0.2) is 30.3 Å². The molecule has 4 fully saturated rings. The Morgan fingerprint density at radius 3 is 2.52 bits per heavy atom. The number of nitrogens with one attached hydrogen (secondary N) is 1. The Hall–Kier alpha value is -0.120. The van der Waals surface area contributed by atoms with Gasteiger partial charge in [0.15, 0.2) is 0 Å². The number of aliphatic hydroxyl groups is 1. The van der Waals surface area contributed by atoms with E-state index in [1.807, 2.05) is 0 Å². The molecule has 1 unspecified atom stereocenters. The van der Waals surface area contributed by atoms with Crippen LogP contribution < -0.4 is 11.1 Å². The van der Waals surface area contributed by atoms with E-state index in [4.69, 9.17) is 5.73 Å². The second-order valence-corrected chi connectivity index (χ2v) is 11.2. The van der Waals surface area contributed by atoms with Gasteiger partial charge < -0.3 is 16.2 Å². The third-order valence-corrected chi connectivity index (χ3v) is 10.2. The Balaban J connectivity index is 1.49. The fourth-order valence-electron chi connectivity index (χ4n) is 8.67. The standard InChI is InChI=1S/C24H44N2O/c1-16(26-14-4-13-25)20-7-8-21-19-6-5-17-15-18(27)9-11-23(17,2)22(19)10-12-24(20,21)3/h16-22,26-27H,4-15,25H2,1-3H3/t16?,17-,18-,19-,20+,21-,22-,23-,24+/m0/s1. The largest absolute Gasteiger partial charge is 0.393 e. The van der Waals surface area contributed by atoms with Crippen molar-refractivity contribution in [2.45, 2.75) is 97.1 Å². The highest BCUT2D eigenvalue weighted by Crippen LogP contribution is 2.67. The molecule has 9 atom stereocenters. The van der Waals surface area contributed by atoms with Crippen molar-refractivity contribution in [1.82, 2.24) is 5.32 Å². The number of fused-ring (bicyclic) bond motifs is 5. The smallest absolute Gasteiger partial charge is 0.0543 e. The maximum Gasteiger partial charge on any atom is 0.0543 e. The van der Waals surface area contributed by atoms with Crippen LogP contribution in [0.3, 0.4) is 0 Å². The average Bonchev–Trinajstić information content (AvgIpc) is 3.00. The molecule has 0 bridgehead atoms. The molecule has 0 aromatic heterocycles. The van der Waals surface area contributed by atoms with E-state index in [1.54, 1.807) is 0 Å². The van der Waals surface area contributed by atoms with Crippen LogP contribution in [0.2, 0.25) is 0 Å². The Labute approximate surface area is 167 Å². The molecule has 4 rings (SSSR count). The monoisotopic (exact) mass is 376 g/mol. The summed E-state index contributed by atoms with van der Waals surface area (Å²) in [6.07, 6.45) is 13.0. The summed E-state index contributed by atoms with van der Waals surface area (Å²) < 4.78 is 0. The van der Waals surface area contributed by atoms with E-state index in [0.29, 0.717) is 16.9 Å². The van der Waals surface area contributed by atoms with Crippen LogP contribution in [0.15, 0.2) is 0 Å². The van der Waals surface area contributed by atoms with Gasteiger partial charge in [-0.25, -0.2) is 0 Å². The molecule has 0 aromatic rings. The number of nitrogens with two attached hydrogens (primary N) is 1. The lowest BCUT2D eigenvalue weighted by Gasteiger charge is -2.61. The van der Waals surface area contributed by atoms with Crippen molar-refractivity contribution in [3.05, 3.63) is 0 Å². The van der Waals surface area contributed by atoms with Crippen molar-refractivity contribution in [2.75, 3.05) is 13.1 Å². The van der Waals surface area contributed by atoms with Gasteiger partial charge in [-0.15, -0.1) is 0 Å². The van der Waals surface area contributed by atoms with Crippen molar-refractivity contribution in [1.29, 1.82) is 0 Å². The lowest BCUT2D eigenvalue weighted by atomic mass is 9.44. The minimum Gasteiger partial charge on any atom is -0.393 e. The van der Waals surface area contributed by atoms with Gasteiger partial charge in [-0.3, -0.25) is 0 Å². The van der Waals surface area contributed by atoms with Gasteiger partial charge in [-0.05, 0) is 125 Å². The van der Waals surface area contributed by atoms with Crippen molar-refractivity contribution < 1.29 is 5.11 Å². The van der Waals surface area contributed by atoms with Gasteiger partial charge in [-0.1, -0.05) is 13.8 Å². The molecule has 0 amide bonds. The molecule has 4 N–H and O–H groups in total. The van der Waals surface area contributed by atoms with Crippen molar-refractivity contribution in [3.63, 3.8) is 0 Å². The van der Waals surface area contributed by atoms with Gasteiger partial charge >= 0.3 is 0 Å². The zero-order valence-electron chi connectivity index (χ0n) is 18.1. The van der Waals surface area contributed by atoms with Gasteiger partial charge in [0.25, 0.3) is 0 Å². The lowest BCUT2D eigenvalue weighted by Crippen LogP contribution is -2.55. The maximum absolute atomic E-state index is 10.2. The van der Waals surface area contributed by atoms with Crippen LogP contribution in [0.25, 0.3) is 0 Å². The van der Waals surface area contributed by atoms with Gasteiger partial charge in [-0.2, -0.15) is 0 Å². The molecular formula is C24H44N2O. The second-order valence-electron chi connectivity index (χ2n) is 11.2. The van der Waals surface area contributed by atoms with Crippen LogP contribution in [0.4, 0.5) is 0 Å². The average molecular weight is 377 g/mol. The zero-order chi connectivity index (χ0) is 19.2. The van der Waals surface area contributed by atoms with E-state index in [1.165, 1.54) is 44.9 Å². The SMILES string of the molecule is CC(NCCCN)[C@H]1CC[C@H]2[C@@H]3CC[C@H]4C[C@@H](O)CC[C@]4(C)[C@H]3CC[C@]12C. The first-order valence-electron chi connectivity index (χ1n) is 12.0. The van der Waals surface area contributed by atoms with E-state index in [0.717, 1.165) is 61.9 Å². The highest BCUT2D eigenvalue weighted by atomic mass is 16.3. The second kappa shape index (κ2) is 7.61. The first-order valence-corrected chi connectivity index (χ1v) is 12.0. The number of hydrogen-bond acceptors (Lipinski definition) is 3. The molecule has 0 heterocycles. The van der Waals surface area contributed by atoms with E-state index in [9.17, 15) is 5.11 Å². The van der Waals surface area contributed by atoms with Gasteiger partial charge in [0.1, 0.15) is 0 Å². The predicted molar refractivity (Wildman–Crippen MR) is 112 cm³/mol. The number of rotatable bonds is 5. The molecule has 0 spiro atoms. The van der Waals surface area contributed by atoms with E-state index >= 15 is 0 Å². The van der Waals surface area contributed by atoms with E-state index < -0.39 is 0 Å². The third-order valence-electron chi connectivity index (χ3n) is 10.2. The van der Waals surface area contributed by atoms with Crippen LogP contribution in [0.1, 0.15) is 85.0 Å². The Morgan fingerprint density at radius 1 is 1.00 bits per heavy atom. The minimum absolute atomic E-state index is 0.0233. The molecule has 156 valence electrons. The maximum atomic E-state index is 10.2. The summed E-state index contributed by atoms with van der Waals surface area (Å²) in [5, 5.41) is 14.0. The Morgan fingerprint density at radius 2 is 1.74 bits per heavy atom. The summed E-state index contributed by atoms with van der Waals surface area (Å²) in [6.45, 7) is 9.55. The summed E-state index contributed by atoms with van der Waals surface area (Å²) in [5.74, 6) is 4.41. The van der Waals surface area contributed by atoms with Crippen molar-refractivity contribution in [3.8, 4) is 0 Å². The molecule has 4 aliphatic rings. The normalized spacial score (nSPS) is 50.6. The van der Waals surface area contributed by atoms with Crippen LogP contribution in [0, 0.1) is 40.4 Å². The van der Waals surface area contributed by atoms with Crippen molar-refractivity contribution >= 4 is 0 Å². The van der Waals surface area contributed by atoms with Crippen molar-refractivity contribution in [2.24, 2.45) is 46.2 Å². The van der Waals surface area contributed by atoms with Crippen LogP contribution >= 0.6 is 0 Å². The lowest BCUT2D eigenvalue weighted by molar-refractivity contribution is -0.127. The Kier molecular flexibility index (Phi) is 5.68. The molecule has 0 aromatic carbocycles. The molecule has 3 heteroatoms. The summed E-state index contributed by atoms with van der Waals surface area (Å²) in [5.41, 5.74) is 6.73. The molecule has 3 nitrogen and oxygen atoms in total. The molecule has 27 heavy (non-hydrogen) atoms. The molecule has 4 aliphatic carbocycles.